The minimum absolute atomic E-state index is 0.303. The average Bonchev–Trinajstić information content (AvgIpc) is 3.07. The Morgan fingerprint density at radius 3 is 2.65 bits per heavy atom. The van der Waals surface area contributed by atoms with Crippen LogP contribution in [0, 0.1) is 12.7 Å². The molecule has 0 bridgehead atoms. The number of nitrogens with two attached hydrogens (primary N) is 1. The lowest BCUT2D eigenvalue weighted by atomic mass is 10.2. The highest BCUT2D eigenvalue weighted by Crippen LogP contribution is 2.29. The normalized spacial score (nSPS) is 11.0. The largest absolute Gasteiger partial charge is 0.364 e. The van der Waals surface area contributed by atoms with Gasteiger partial charge in [0.05, 0.1) is 5.69 Å². The molecule has 4 aromatic rings. The highest BCUT2D eigenvalue weighted by Gasteiger charge is 2.19. The first-order valence-electron chi connectivity index (χ1n) is 9.66. The summed E-state index contributed by atoms with van der Waals surface area (Å²) in [5, 5.41) is 11.9. The molecular weight excluding hydrogens is 397 g/mol. The highest BCUT2D eigenvalue weighted by atomic mass is 19.1. The Labute approximate surface area is 178 Å². The molecule has 0 aliphatic rings. The number of fused-ring (bicyclic) bond motifs is 1. The Bertz CT molecular complexity index is 1280. The fourth-order valence-electron chi connectivity index (χ4n) is 3.50. The fourth-order valence-corrected chi connectivity index (χ4v) is 3.50. The maximum Gasteiger partial charge on any atom is 0.265 e. The van der Waals surface area contributed by atoms with E-state index in [9.17, 15) is 9.18 Å². The van der Waals surface area contributed by atoms with Gasteiger partial charge in [0.2, 0.25) is 5.82 Å². The van der Waals surface area contributed by atoms with Crippen molar-refractivity contribution in [2.24, 2.45) is 5.73 Å². The summed E-state index contributed by atoms with van der Waals surface area (Å²) in [5.74, 6) is 0.519. The van der Waals surface area contributed by atoms with Crippen LogP contribution in [0.5, 0.6) is 0 Å². The number of nitrogens with one attached hydrogen (secondary N) is 1. The molecule has 8 nitrogen and oxygen atoms in total. The number of rotatable bonds is 6. The van der Waals surface area contributed by atoms with Gasteiger partial charge in [-0.25, -0.2) is 9.37 Å². The third kappa shape index (κ3) is 3.89. The van der Waals surface area contributed by atoms with E-state index in [1.807, 2.05) is 39.2 Å². The molecule has 158 valence electrons. The summed E-state index contributed by atoms with van der Waals surface area (Å²) in [7, 11) is 3.67. The maximum atomic E-state index is 13.5. The molecule has 3 N–H and O–H groups in total. The van der Waals surface area contributed by atoms with Crippen molar-refractivity contribution in [2.45, 2.75) is 13.5 Å². The molecular formula is C22H22FN7O. The number of aromatic nitrogens is 4. The minimum atomic E-state index is -0.551. The van der Waals surface area contributed by atoms with Gasteiger partial charge in [-0.2, -0.15) is 0 Å². The minimum Gasteiger partial charge on any atom is -0.364 e. The Kier molecular flexibility index (Phi) is 5.24. The van der Waals surface area contributed by atoms with E-state index in [0.29, 0.717) is 35.4 Å². The molecule has 31 heavy (non-hydrogen) atoms. The summed E-state index contributed by atoms with van der Waals surface area (Å²) in [6, 6.07) is 13.6. The Hall–Kier alpha value is -4.01. The van der Waals surface area contributed by atoms with E-state index in [4.69, 9.17) is 10.7 Å². The quantitative estimate of drug-likeness (QED) is 0.498. The van der Waals surface area contributed by atoms with Crippen LogP contribution in [0.3, 0.4) is 0 Å². The van der Waals surface area contributed by atoms with E-state index in [1.165, 1.54) is 12.1 Å². The van der Waals surface area contributed by atoms with Gasteiger partial charge in [-0.15, -0.1) is 10.2 Å². The van der Waals surface area contributed by atoms with Gasteiger partial charge < -0.3 is 20.4 Å². The van der Waals surface area contributed by atoms with Crippen LogP contribution in [-0.4, -0.2) is 39.6 Å². The van der Waals surface area contributed by atoms with Crippen molar-refractivity contribution in [3.8, 4) is 11.5 Å². The standard InChI is InChI=1S/C22H22FN7O/c1-13-10-16-8-5-9-17(19(24)31)30(16)18(13)20-26-21(22(28-27-20)29(2)3)25-12-14-6-4-7-15(23)11-14/h4-11H,12H2,1-3H3,(H2,24,31)(H,25,26,27). The van der Waals surface area contributed by atoms with E-state index in [-0.39, 0.29) is 5.82 Å². The lowest BCUT2D eigenvalue weighted by Crippen LogP contribution is -2.18. The van der Waals surface area contributed by atoms with E-state index >= 15 is 0 Å². The van der Waals surface area contributed by atoms with Crippen LogP contribution in [0.25, 0.3) is 17.0 Å². The molecule has 0 radical (unpaired) electrons. The van der Waals surface area contributed by atoms with Crippen LogP contribution < -0.4 is 16.0 Å². The van der Waals surface area contributed by atoms with Crippen molar-refractivity contribution < 1.29 is 9.18 Å². The first-order chi connectivity index (χ1) is 14.8. The Balaban J connectivity index is 1.81. The van der Waals surface area contributed by atoms with Gasteiger partial charge in [-0.3, -0.25) is 4.79 Å². The van der Waals surface area contributed by atoms with Crippen LogP contribution in [0.4, 0.5) is 16.0 Å². The summed E-state index contributed by atoms with van der Waals surface area (Å²) in [4.78, 5) is 18.5. The second kappa shape index (κ2) is 8.02. The maximum absolute atomic E-state index is 13.5. The zero-order valence-corrected chi connectivity index (χ0v) is 17.4. The van der Waals surface area contributed by atoms with Crippen molar-refractivity contribution in [1.29, 1.82) is 0 Å². The van der Waals surface area contributed by atoms with Crippen LogP contribution >= 0.6 is 0 Å². The van der Waals surface area contributed by atoms with Gasteiger partial charge in [0.15, 0.2) is 11.6 Å². The van der Waals surface area contributed by atoms with E-state index in [2.05, 4.69) is 15.5 Å². The summed E-state index contributed by atoms with van der Waals surface area (Å²) in [5.41, 5.74) is 9.00. The predicted octanol–water partition coefficient (Wildman–Crippen LogP) is 3.02. The summed E-state index contributed by atoms with van der Waals surface area (Å²) < 4.78 is 15.3. The fraction of sp³-hybridized carbons (Fsp3) is 0.182. The zero-order valence-electron chi connectivity index (χ0n) is 17.4. The Morgan fingerprint density at radius 2 is 1.94 bits per heavy atom. The van der Waals surface area contributed by atoms with Gasteiger partial charge in [-0.05, 0) is 48.4 Å². The SMILES string of the molecule is Cc1cc2cccc(C(N)=O)n2c1-c1nnc(N(C)C)c(NCc2cccc(F)c2)n1. The molecule has 0 aliphatic carbocycles. The molecule has 0 aliphatic heterocycles. The number of hydrogen-bond donors (Lipinski definition) is 2. The van der Waals surface area contributed by atoms with Crippen molar-refractivity contribution in [1.82, 2.24) is 19.6 Å². The topological polar surface area (TPSA) is 101 Å². The second-order valence-corrected chi connectivity index (χ2v) is 7.40. The lowest BCUT2D eigenvalue weighted by molar-refractivity contribution is 0.0994. The molecule has 1 aromatic carbocycles. The zero-order chi connectivity index (χ0) is 22.1. The van der Waals surface area contributed by atoms with Gasteiger partial charge in [0.1, 0.15) is 11.5 Å². The highest BCUT2D eigenvalue weighted by molar-refractivity contribution is 5.93. The smallest absolute Gasteiger partial charge is 0.265 e. The first-order valence-corrected chi connectivity index (χ1v) is 9.66. The van der Waals surface area contributed by atoms with Crippen LogP contribution in [0.2, 0.25) is 0 Å². The molecule has 0 saturated heterocycles. The van der Waals surface area contributed by atoms with Crippen molar-refractivity contribution in [2.75, 3.05) is 24.3 Å². The van der Waals surface area contributed by atoms with Gasteiger partial charge in [0.25, 0.3) is 5.91 Å². The molecule has 3 heterocycles. The number of benzene rings is 1. The molecule has 0 spiro atoms. The first kappa shape index (κ1) is 20.3. The average molecular weight is 419 g/mol. The molecule has 9 heteroatoms. The second-order valence-electron chi connectivity index (χ2n) is 7.40. The molecule has 4 rings (SSSR count). The summed E-state index contributed by atoms with van der Waals surface area (Å²) >= 11 is 0. The number of pyridine rings is 1. The number of amides is 1. The van der Waals surface area contributed by atoms with Crippen molar-refractivity contribution in [3.63, 3.8) is 0 Å². The van der Waals surface area contributed by atoms with Crippen molar-refractivity contribution >= 4 is 23.1 Å². The van der Waals surface area contributed by atoms with Gasteiger partial charge >= 0.3 is 0 Å². The van der Waals surface area contributed by atoms with E-state index in [0.717, 1.165) is 16.6 Å². The third-order valence-corrected chi connectivity index (χ3v) is 4.89. The molecule has 3 aromatic heterocycles. The number of halogens is 1. The van der Waals surface area contributed by atoms with Crippen LogP contribution in [0.15, 0.2) is 48.5 Å². The third-order valence-electron chi connectivity index (χ3n) is 4.89. The molecule has 0 saturated carbocycles. The number of primary amides is 1. The number of anilines is 2. The lowest BCUT2D eigenvalue weighted by Gasteiger charge is -2.17. The number of hydrogen-bond acceptors (Lipinski definition) is 6. The number of carbonyl (C=O) groups excluding carboxylic acids is 1. The van der Waals surface area contributed by atoms with Gasteiger partial charge in [-0.1, -0.05) is 18.2 Å². The monoisotopic (exact) mass is 419 g/mol. The molecule has 1 amide bonds. The molecule has 0 atom stereocenters. The predicted molar refractivity (Wildman–Crippen MR) is 118 cm³/mol. The number of aryl methyl sites for hydroxylation is 1. The number of carbonyl (C=O) groups is 1. The van der Waals surface area contributed by atoms with Crippen molar-refractivity contribution in [3.05, 3.63) is 71.2 Å². The van der Waals surface area contributed by atoms with E-state index in [1.54, 1.807) is 27.5 Å². The van der Waals surface area contributed by atoms with Crippen LogP contribution in [-0.2, 0) is 6.54 Å². The number of nitrogens with zero attached hydrogens (tertiary/aromatic N) is 5. The Morgan fingerprint density at radius 1 is 1.16 bits per heavy atom. The van der Waals surface area contributed by atoms with Crippen LogP contribution in [0.1, 0.15) is 21.6 Å². The van der Waals surface area contributed by atoms with Gasteiger partial charge in [0, 0.05) is 26.2 Å². The molecule has 0 fully saturated rings. The summed E-state index contributed by atoms with van der Waals surface area (Å²) in [6.45, 7) is 2.27. The summed E-state index contributed by atoms with van der Waals surface area (Å²) in [6.07, 6.45) is 0. The van der Waals surface area contributed by atoms with E-state index < -0.39 is 5.91 Å². The molecule has 0 unspecified atom stereocenters.